The lowest BCUT2D eigenvalue weighted by Crippen LogP contribution is -2.34. The van der Waals surface area contributed by atoms with Gasteiger partial charge in [-0.15, -0.1) is 0 Å². The van der Waals surface area contributed by atoms with Crippen molar-refractivity contribution in [3.63, 3.8) is 0 Å². The summed E-state index contributed by atoms with van der Waals surface area (Å²) in [6.45, 7) is 11.7. The summed E-state index contributed by atoms with van der Waals surface area (Å²) >= 11 is 0. The lowest BCUT2D eigenvalue weighted by atomic mass is 9.71. The van der Waals surface area contributed by atoms with Crippen molar-refractivity contribution in [2.45, 2.75) is 72.8 Å². The first kappa shape index (κ1) is 17.3. The van der Waals surface area contributed by atoms with Crippen molar-refractivity contribution in [1.29, 1.82) is 0 Å². The molecule has 0 amide bonds. The van der Waals surface area contributed by atoms with Crippen molar-refractivity contribution in [3.8, 4) is 0 Å². The zero-order chi connectivity index (χ0) is 15.4. The molecule has 0 aromatic carbocycles. The second-order valence-corrected chi connectivity index (χ2v) is 7.88. The van der Waals surface area contributed by atoms with Crippen LogP contribution in [0.25, 0.3) is 0 Å². The molecule has 2 unspecified atom stereocenters. The number of oxime groups is 1. The molecule has 1 rings (SSSR count). The Balaban J connectivity index is 2.31. The molecule has 118 valence electrons. The molecule has 0 spiro atoms. The summed E-state index contributed by atoms with van der Waals surface area (Å²) < 4.78 is 6.05. The zero-order valence-corrected chi connectivity index (χ0v) is 13.8. The zero-order valence-electron chi connectivity index (χ0n) is 13.8. The number of ether oxygens (including phenoxy) is 1. The standard InChI is InChI=1S/C16H32N2O2/c1-12-9-13(11-15(2,3)10-12)20-8-6-7-16(4,5)14(17)18-19/h12-13,19H,6-11H2,1-5H3,(H2,17,18). The van der Waals surface area contributed by atoms with Gasteiger partial charge in [0.15, 0.2) is 0 Å². The molecule has 4 nitrogen and oxygen atoms in total. The van der Waals surface area contributed by atoms with Crippen LogP contribution in [-0.4, -0.2) is 23.8 Å². The molecule has 1 aliphatic carbocycles. The molecule has 1 fully saturated rings. The maximum absolute atomic E-state index is 8.75. The lowest BCUT2D eigenvalue weighted by Gasteiger charge is -2.38. The van der Waals surface area contributed by atoms with Crippen LogP contribution < -0.4 is 5.73 Å². The van der Waals surface area contributed by atoms with Crippen molar-refractivity contribution in [3.05, 3.63) is 0 Å². The van der Waals surface area contributed by atoms with Gasteiger partial charge in [-0.1, -0.05) is 39.8 Å². The number of hydrogen-bond donors (Lipinski definition) is 2. The molecule has 0 aliphatic heterocycles. The molecule has 1 aliphatic rings. The fourth-order valence-electron chi connectivity index (χ4n) is 3.41. The van der Waals surface area contributed by atoms with Gasteiger partial charge in [0.1, 0.15) is 5.84 Å². The van der Waals surface area contributed by atoms with Crippen LogP contribution in [0.1, 0.15) is 66.7 Å². The van der Waals surface area contributed by atoms with Crippen LogP contribution in [0.5, 0.6) is 0 Å². The predicted molar refractivity (Wildman–Crippen MR) is 83.0 cm³/mol. The van der Waals surface area contributed by atoms with Gasteiger partial charge in [0.05, 0.1) is 6.10 Å². The Morgan fingerprint density at radius 2 is 2.05 bits per heavy atom. The summed E-state index contributed by atoms with van der Waals surface area (Å²) in [7, 11) is 0. The molecule has 4 heteroatoms. The van der Waals surface area contributed by atoms with E-state index in [4.69, 9.17) is 15.7 Å². The van der Waals surface area contributed by atoms with Crippen LogP contribution in [0, 0.1) is 16.7 Å². The minimum atomic E-state index is -0.267. The second kappa shape index (κ2) is 6.79. The van der Waals surface area contributed by atoms with E-state index in [-0.39, 0.29) is 5.41 Å². The molecule has 0 saturated heterocycles. The molecule has 0 bridgehead atoms. The van der Waals surface area contributed by atoms with E-state index in [2.05, 4.69) is 25.9 Å². The van der Waals surface area contributed by atoms with Gasteiger partial charge in [-0.05, 0) is 43.4 Å². The fourth-order valence-corrected chi connectivity index (χ4v) is 3.41. The van der Waals surface area contributed by atoms with Gasteiger partial charge in [-0.3, -0.25) is 0 Å². The van der Waals surface area contributed by atoms with Gasteiger partial charge in [0, 0.05) is 12.0 Å². The summed E-state index contributed by atoms with van der Waals surface area (Å²) in [6, 6.07) is 0. The Hall–Kier alpha value is -0.770. The quantitative estimate of drug-likeness (QED) is 0.256. The first-order valence-corrected chi connectivity index (χ1v) is 7.76. The molecule has 0 aromatic rings. The monoisotopic (exact) mass is 284 g/mol. The van der Waals surface area contributed by atoms with Gasteiger partial charge < -0.3 is 15.7 Å². The van der Waals surface area contributed by atoms with Gasteiger partial charge in [0.25, 0.3) is 0 Å². The first-order chi connectivity index (χ1) is 9.16. The van der Waals surface area contributed by atoms with E-state index in [1.54, 1.807) is 0 Å². The van der Waals surface area contributed by atoms with Crippen molar-refractivity contribution in [2.75, 3.05) is 6.61 Å². The van der Waals surface area contributed by atoms with Crippen LogP contribution >= 0.6 is 0 Å². The van der Waals surface area contributed by atoms with E-state index in [1.807, 2.05) is 13.8 Å². The van der Waals surface area contributed by atoms with Crippen molar-refractivity contribution < 1.29 is 9.94 Å². The summed E-state index contributed by atoms with van der Waals surface area (Å²) in [4.78, 5) is 0. The van der Waals surface area contributed by atoms with Crippen molar-refractivity contribution in [1.82, 2.24) is 0 Å². The molecule has 1 saturated carbocycles. The molecule has 0 heterocycles. The summed E-state index contributed by atoms with van der Waals surface area (Å²) in [6.07, 6.45) is 5.82. The minimum Gasteiger partial charge on any atom is -0.409 e. The van der Waals surface area contributed by atoms with Crippen molar-refractivity contribution >= 4 is 5.84 Å². The number of nitrogens with two attached hydrogens (primary N) is 1. The molecular formula is C16H32N2O2. The highest BCUT2D eigenvalue weighted by Crippen LogP contribution is 2.39. The molecule has 20 heavy (non-hydrogen) atoms. The van der Waals surface area contributed by atoms with Gasteiger partial charge in [-0.2, -0.15) is 0 Å². The number of rotatable bonds is 6. The largest absolute Gasteiger partial charge is 0.409 e. The highest BCUT2D eigenvalue weighted by molar-refractivity contribution is 5.85. The highest BCUT2D eigenvalue weighted by Gasteiger charge is 2.32. The fraction of sp³-hybridized carbons (Fsp3) is 0.938. The first-order valence-electron chi connectivity index (χ1n) is 7.76. The van der Waals surface area contributed by atoms with E-state index in [1.165, 1.54) is 12.8 Å². The molecule has 0 aromatic heterocycles. The van der Waals surface area contributed by atoms with Crippen LogP contribution in [0.15, 0.2) is 5.16 Å². The Kier molecular flexibility index (Phi) is 5.87. The Bertz CT molecular complexity index is 337. The third-order valence-corrected chi connectivity index (χ3v) is 4.45. The van der Waals surface area contributed by atoms with Gasteiger partial charge in [0.2, 0.25) is 0 Å². The molecule has 3 N–H and O–H groups in total. The van der Waals surface area contributed by atoms with Crippen LogP contribution in [0.3, 0.4) is 0 Å². The molecule has 2 atom stereocenters. The second-order valence-electron chi connectivity index (χ2n) is 7.88. The van der Waals surface area contributed by atoms with Gasteiger partial charge in [-0.25, -0.2) is 0 Å². The topological polar surface area (TPSA) is 67.8 Å². The van der Waals surface area contributed by atoms with Crippen LogP contribution in [0.2, 0.25) is 0 Å². The van der Waals surface area contributed by atoms with E-state index in [9.17, 15) is 0 Å². The van der Waals surface area contributed by atoms with E-state index >= 15 is 0 Å². The summed E-state index contributed by atoms with van der Waals surface area (Å²) in [5, 5.41) is 11.9. The maximum Gasteiger partial charge on any atom is 0.144 e. The highest BCUT2D eigenvalue weighted by atomic mass is 16.5. The average molecular weight is 284 g/mol. The molecular weight excluding hydrogens is 252 g/mol. The maximum atomic E-state index is 8.75. The number of amidine groups is 1. The Morgan fingerprint density at radius 1 is 1.40 bits per heavy atom. The third kappa shape index (κ3) is 5.31. The predicted octanol–water partition coefficient (Wildman–Crippen LogP) is 3.77. The summed E-state index contributed by atoms with van der Waals surface area (Å²) in [5.74, 6) is 1.04. The molecule has 0 radical (unpaired) electrons. The van der Waals surface area contributed by atoms with Gasteiger partial charge >= 0.3 is 0 Å². The Labute approximate surface area is 123 Å². The average Bonchev–Trinajstić information content (AvgIpc) is 2.31. The SMILES string of the molecule is CC1CC(OCCCC(C)(C)C(N)=NO)CC(C)(C)C1. The number of hydrogen-bond acceptors (Lipinski definition) is 3. The van der Waals surface area contributed by atoms with Crippen molar-refractivity contribution in [2.24, 2.45) is 27.6 Å². The third-order valence-electron chi connectivity index (χ3n) is 4.45. The Morgan fingerprint density at radius 3 is 2.60 bits per heavy atom. The van der Waals surface area contributed by atoms with Crippen LogP contribution in [0.4, 0.5) is 0 Å². The van der Waals surface area contributed by atoms with Crippen LogP contribution in [-0.2, 0) is 4.74 Å². The normalized spacial score (nSPS) is 27.6. The summed E-state index contributed by atoms with van der Waals surface area (Å²) in [5.41, 5.74) is 5.82. The number of nitrogens with zero attached hydrogens (tertiary/aromatic N) is 1. The minimum absolute atomic E-state index is 0.267. The van der Waals surface area contributed by atoms with E-state index < -0.39 is 0 Å². The van der Waals surface area contributed by atoms with E-state index in [0.29, 0.717) is 17.4 Å². The smallest absolute Gasteiger partial charge is 0.144 e. The van der Waals surface area contributed by atoms with E-state index in [0.717, 1.165) is 31.8 Å². The lowest BCUT2D eigenvalue weighted by molar-refractivity contribution is -0.0251.